The second-order valence-electron chi connectivity index (χ2n) is 6.74. The molecule has 0 unspecified atom stereocenters. The molecule has 5 nitrogen and oxygen atoms in total. The number of halogens is 2. The standard InChI is InChI=1S/C20H19F2N3O2/c21-13-6-7-17(22)16(10-13)18-11-19(27-24-18)20(26)25-9-8-15(12-25)23-14-4-2-1-3-5-14/h1-7,10,15,19,23H,8-9,11-12H2/t15-,19+/m0/s1. The Morgan fingerprint density at radius 2 is 2.00 bits per heavy atom. The van der Waals surface area contributed by atoms with Crippen molar-refractivity contribution in [2.24, 2.45) is 5.16 Å². The van der Waals surface area contributed by atoms with Crippen LogP contribution in [0.2, 0.25) is 0 Å². The lowest BCUT2D eigenvalue weighted by Crippen LogP contribution is -2.39. The van der Waals surface area contributed by atoms with Crippen LogP contribution in [0, 0.1) is 11.6 Å². The lowest BCUT2D eigenvalue weighted by atomic mass is 10.0. The number of oxime groups is 1. The maximum absolute atomic E-state index is 13.9. The van der Waals surface area contributed by atoms with E-state index in [2.05, 4.69) is 10.5 Å². The molecule has 0 radical (unpaired) electrons. The van der Waals surface area contributed by atoms with Crippen molar-refractivity contribution in [3.05, 3.63) is 65.7 Å². The van der Waals surface area contributed by atoms with E-state index in [0.29, 0.717) is 13.1 Å². The molecule has 2 heterocycles. The quantitative estimate of drug-likeness (QED) is 0.898. The van der Waals surface area contributed by atoms with E-state index in [0.717, 1.165) is 30.3 Å². The van der Waals surface area contributed by atoms with E-state index in [1.165, 1.54) is 0 Å². The van der Waals surface area contributed by atoms with Crippen LogP contribution in [0.3, 0.4) is 0 Å². The third-order valence-electron chi connectivity index (χ3n) is 4.83. The number of para-hydroxylation sites is 1. The van der Waals surface area contributed by atoms with E-state index in [1.54, 1.807) is 4.90 Å². The molecule has 1 saturated heterocycles. The number of anilines is 1. The molecular weight excluding hydrogens is 352 g/mol. The van der Waals surface area contributed by atoms with Crippen molar-refractivity contribution in [2.45, 2.75) is 25.0 Å². The van der Waals surface area contributed by atoms with E-state index in [-0.39, 0.29) is 29.6 Å². The van der Waals surface area contributed by atoms with Crippen LogP contribution in [-0.2, 0) is 9.63 Å². The van der Waals surface area contributed by atoms with Crippen LogP contribution in [0.1, 0.15) is 18.4 Å². The molecule has 1 fully saturated rings. The number of carbonyl (C=O) groups excluding carboxylic acids is 1. The molecule has 1 amide bonds. The number of nitrogens with zero attached hydrogens (tertiary/aromatic N) is 2. The van der Waals surface area contributed by atoms with Crippen molar-refractivity contribution < 1.29 is 18.4 Å². The summed E-state index contributed by atoms with van der Waals surface area (Å²) in [6.45, 7) is 1.18. The largest absolute Gasteiger partial charge is 0.382 e. The van der Waals surface area contributed by atoms with Gasteiger partial charge in [-0.05, 0) is 36.8 Å². The summed E-state index contributed by atoms with van der Waals surface area (Å²) in [6.07, 6.45) is 0.171. The normalized spacial score (nSPS) is 21.7. The highest BCUT2D eigenvalue weighted by Crippen LogP contribution is 2.23. The van der Waals surface area contributed by atoms with Gasteiger partial charge in [-0.15, -0.1) is 0 Å². The first kappa shape index (κ1) is 17.5. The Balaban J connectivity index is 1.35. The first-order valence-electron chi connectivity index (χ1n) is 8.88. The van der Waals surface area contributed by atoms with Gasteiger partial charge in [0.15, 0.2) is 0 Å². The number of carbonyl (C=O) groups is 1. The molecule has 4 rings (SSSR count). The van der Waals surface area contributed by atoms with Crippen LogP contribution in [0.4, 0.5) is 14.5 Å². The number of benzene rings is 2. The van der Waals surface area contributed by atoms with E-state index in [1.807, 2.05) is 30.3 Å². The molecule has 27 heavy (non-hydrogen) atoms. The third kappa shape index (κ3) is 3.77. The highest BCUT2D eigenvalue weighted by molar-refractivity contribution is 6.04. The second kappa shape index (κ2) is 7.34. The number of rotatable bonds is 4. The molecule has 0 spiro atoms. The Morgan fingerprint density at radius 1 is 1.19 bits per heavy atom. The number of nitrogens with one attached hydrogen (secondary N) is 1. The number of amides is 1. The zero-order valence-electron chi connectivity index (χ0n) is 14.6. The molecule has 0 aliphatic carbocycles. The van der Waals surface area contributed by atoms with Gasteiger partial charge in [-0.2, -0.15) is 0 Å². The van der Waals surface area contributed by atoms with Crippen molar-refractivity contribution in [2.75, 3.05) is 18.4 Å². The molecule has 0 aromatic heterocycles. The van der Waals surface area contributed by atoms with Crippen LogP contribution in [-0.4, -0.2) is 41.8 Å². The maximum atomic E-state index is 13.9. The van der Waals surface area contributed by atoms with Crippen LogP contribution in [0.25, 0.3) is 0 Å². The van der Waals surface area contributed by atoms with E-state index < -0.39 is 17.7 Å². The molecule has 2 atom stereocenters. The van der Waals surface area contributed by atoms with Gasteiger partial charge in [-0.3, -0.25) is 4.79 Å². The lowest BCUT2D eigenvalue weighted by molar-refractivity contribution is -0.140. The minimum Gasteiger partial charge on any atom is -0.382 e. The minimum absolute atomic E-state index is 0.0374. The van der Waals surface area contributed by atoms with Gasteiger partial charge in [-0.1, -0.05) is 23.4 Å². The van der Waals surface area contributed by atoms with Crippen LogP contribution in [0.5, 0.6) is 0 Å². The van der Waals surface area contributed by atoms with Gasteiger partial charge in [-0.25, -0.2) is 8.78 Å². The summed E-state index contributed by atoms with van der Waals surface area (Å²) < 4.78 is 27.3. The fourth-order valence-corrected chi connectivity index (χ4v) is 3.44. The van der Waals surface area contributed by atoms with Gasteiger partial charge in [0.1, 0.15) is 11.6 Å². The lowest BCUT2D eigenvalue weighted by Gasteiger charge is -2.20. The van der Waals surface area contributed by atoms with Crippen molar-refractivity contribution >= 4 is 17.3 Å². The SMILES string of the molecule is O=C([C@H]1CC(c2cc(F)ccc2F)=NO1)N1CC[C@H](Nc2ccccc2)C1. The fourth-order valence-electron chi connectivity index (χ4n) is 3.44. The van der Waals surface area contributed by atoms with Crippen molar-refractivity contribution in [1.82, 2.24) is 4.90 Å². The van der Waals surface area contributed by atoms with Crippen molar-refractivity contribution in [3.63, 3.8) is 0 Å². The van der Waals surface area contributed by atoms with Gasteiger partial charge in [0.25, 0.3) is 5.91 Å². The average Bonchev–Trinajstić information content (AvgIpc) is 3.34. The first-order valence-corrected chi connectivity index (χ1v) is 8.88. The highest BCUT2D eigenvalue weighted by atomic mass is 19.1. The Hall–Kier alpha value is -2.96. The van der Waals surface area contributed by atoms with Gasteiger partial charge in [0.2, 0.25) is 6.10 Å². The Morgan fingerprint density at radius 3 is 2.81 bits per heavy atom. The zero-order chi connectivity index (χ0) is 18.8. The summed E-state index contributed by atoms with van der Waals surface area (Å²) in [5.41, 5.74) is 1.31. The summed E-state index contributed by atoms with van der Waals surface area (Å²) in [6, 6.07) is 13.2. The molecule has 7 heteroatoms. The van der Waals surface area contributed by atoms with E-state index in [4.69, 9.17) is 4.84 Å². The predicted molar refractivity (Wildman–Crippen MR) is 97.4 cm³/mol. The summed E-state index contributed by atoms with van der Waals surface area (Å²) in [7, 11) is 0. The molecule has 2 aromatic rings. The van der Waals surface area contributed by atoms with Crippen LogP contribution in [0.15, 0.2) is 53.7 Å². The molecule has 140 valence electrons. The maximum Gasteiger partial charge on any atom is 0.266 e. The summed E-state index contributed by atoms with van der Waals surface area (Å²) in [5, 5.41) is 7.23. The average molecular weight is 371 g/mol. The smallest absolute Gasteiger partial charge is 0.266 e. The summed E-state index contributed by atoms with van der Waals surface area (Å²) in [4.78, 5) is 19.7. The fraction of sp³-hybridized carbons (Fsp3) is 0.300. The number of hydrogen-bond acceptors (Lipinski definition) is 4. The molecular formula is C20H19F2N3O2. The van der Waals surface area contributed by atoms with E-state index >= 15 is 0 Å². The molecule has 2 aliphatic heterocycles. The van der Waals surface area contributed by atoms with Crippen molar-refractivity contribution in [1.29, 1.82) is 0 Å². The zero-order valence-corrected chi connectivity index (χ0v) is 14.6. The van der Waals surface area contributed by atoms with Gasteiger partial charge in [0.05, 0.1) is 5.71 Å². The Bertz CT molecular complexity index is 873. The van der Waals surface area contributed by atoms with Gasteiger partial charge in [0, 0.05) is 36.8 Å². The molecule has 0 saturated carbocycles. The molecule has 1 N–H and O–H groups in total. The number of hydrogen-bond donors (Lipinski definition) is 1. The second-order valence-corrected chi connectivity index (χ2v) is 6.74. The van der Waals surface area contributed by atoms with Gasteiger partial charge < -0.3 is 15.1 Å². The topological polar surface area (TPSA) is 53.9 Å². The third-order valence-corrected chi connectivity index (χ3v) is 4.83. The van der Waals surface area contributed by atoms with E-state index in [9.17, 15) is 13.6 Å². The molecule has 2 aliphatic rings. The monoisotopic (exact) mass is 371 g/mol. The van der Waals surface area contributed by atoms with Crippen molar-refractivity contribution in [3.8, 4) is 0 Å². The Kier molecular flexibility index (Phi) is 4.75. The van der Waals surface area contributed by atoms with Crippen LogP contribution >= 0.6 is 0 Å². The summed E-state index contributed by atoms with van der Waals surface area (Å²) >= 11 is 0. The highest BCUT2D eigenvalue weighted by Gasteiger charge is 2.36. The number of likely N-dealkylation sites (tertiary alicyclic amines) is 1. The predicted octanol–water partition coefficient (Wildman–Crippen LogP) is 3.17. The molecule has 2 aromatic carbocycles. The summed E-state index contributed by atoms with van der Waals surface area (Å²) in [5.74, 6) is -1.32. The van der Waals surface area contributed by atoms with Crippen LogP contribution < -0.4 is 5.32 Å². The first-order chi connectivity index (χ1) is 13.1. The van der Waals surface area contributed by atoms with Gasteiger partial charge >= 0.3 is 0 Å². The minimum atomic E-state index is -0.793. The molecule has 0 bridgehead atoms. The Labute approximate surface area is 155 Å².